The molecule has 1 aromatic heterocycles. The molecule has 2 N–H and O–H groups in total. The molecule has 90 valence electrons. The molecule has 0 amide bonds. The summed E-state index contributed by atoms with van der Waals surface area (Å²) in [7, 11) is 2.08. The highest BCUT2D eigenvalue weighted by atomic mass is 16.5. The maximum atomic E-state index is 6.18. The summed E-state index contributed by atoms with van der Waals surface area (Å²) in [5.74, 6) is 0. The van der Waals surface area contributed by atoms with Gasteiger partial charge in [-0.2, -0.15) is 0 Å². The van der Waals surface area contributed by atoms with E-state index in [0.29, 0.717) is 0 Å². The molecule has 2 heterocycles. The lowest BCUT2D eigenvalue weighted by Crippen LogP contribution is -2.57. The molecule has 0 bridgehead atoms. The highest BCUT2D eigenvalue weighted by Gasteiger charge is 2.45. The Morgan fingerprint density at radius 1 is 1.35 bits per heavy atom. The molecule has 0 aliphatic carbocycles. The Hall–Kier alpha value is -1.32. The monoisotopic (exact) mass is 230 g/mol. The van der Waals surface area contributed by atoms with Gasteiger partial charge in [-0.1, -0.05) is 18.2 Å². The Balaban J connectivity index is 2.24. The van der Waals surface area contributed by atoms with Crippen molar-refractivity contribution in [2.24, 2.45) is 12.8 Å². The van der Waals surface area contributed by atoms with Crippen molar-refractivity contribution in [3.63, 3.8) is 0 Å². The quantitative estimate of drug-likeness (QED) is 0.854. The molecule has 1 aromatic carbocycles. The number of aryl methyl sites for hydroxylation is 1. The SMILES string of the molecule is CC(N)C1(c2cn(C)c3ccccc23)COC1. The minimum Gasteiger partial charge on any atom is -0.379 e. The minimum absolute atomic E-state index is 0.000856. The van der Waals surface area contributed by atoms with Gasteiger partial charge in [0.2, 0.25) is 0 Å². The van der Waals surface area contributed by atoms with Crippen molar-refractivity contribution in [2.75, 3.05) is 13.2 Å². The van der Waals surface area contributed by atoms with Gasteiger partial charge in [0.15, 0.2) is 0 Å². The third kappa shape index (κ3) is 1.36. The van der Waals surface area contributed by atoms with Crippen LogP contribution < -0.4 is 5.73 Å². The molecular weight excluding hydrogens is 212 g/mol. The van der Waals surface area contributed by atoms with Crippen LogP contribution in [0.4, 0.5) is 0 Å². The van der Waals surface area contributed by atoms with Crippen LogP contribution in [0.3, 0.4) is 0 Å². The molecule has 1 fully saturated rings. The Morgan fingerprint density at radius 2 is 2.06 bits per heavy atom. The van der Waals surface area contributed by atoms with Crippen LogP contribution in [0.1, 0.15) is 12.5 Å². The van der Waals surface area contributed by atoms with Crippen LogP contribution in [-0.4, -0.2) is 23.8 Å². The molecule has 1 aliphatic rings. The van der Waals surface area contributed by atoms with Gasteiger partial charge < -0.3 is 15.0 Å². The topological polar surface area (TPSA) is 40.2 Å². The third-order valence-corrected chi connectivity index (χ3v) is 4.02. The number of ether oxygens (including phenoxy) is 1. The minimum atomic E-state index is 0.000856. The molecule has 0 saturated carbocycles. The summed E-state index contributed by atoms with van der Waals surface area (Å²) in [6.45, 7) is 3.54. The largest absolute Gasteiger partial charge is 0.379 e. The first kappa shape index (κ1) is 10.8. The Kier molecular flexibility index (Phi) is 2.28. The lowest BCUT2D eigenvalue weighted by Gasteiger charge is -2.44. The number of nitrogens with two attached hydrogens (primary N) is 1. The number of aromatic nitrogens is 1. The molecule has 0 radical (unpaired) electrons. The number of benzene rings is 1. The second kappa shape index (κ2) is 3.59. The third-order valence-electron chi connectivity index (χ3n) is 4.02. The summed E-state index contributed by atoms with van der Waals surface area (Å²) in [6.07, 6.45) is 2.20. The van der Waals surface area contributed by atoms with E-state index in [2.05, 4.69) is 49.0 Å². The van der Waals surface area contributed by atoms with E-state index in [1.807, 2.05) is 0 Å². The van der Waals surface area contributed by atoms with Gasteiger partial charge in [-0.3, -0.25) is 0 Å². The molecule has 17 heavy (non-hydrogen) atoms. The van der Waals surface area contributed by atoms with Gasteiger partial charge in [0.05, 0.1) is 18.6 Å². The van der Waals surface area contributed by atoms with Gasteiger partial charge in [-0.05, 0) is 18.6 Å². The molecule has 0 spiro atoms. The van der Waals surface area contributed by atoms with E-state index < -0.39 is 0 Å². The second-order valence-corrected chi connectivity index (χ2v) is 5.11. The van der Waals surface area contributed by atoms with Gasteiger partial charge in [-0.25, -0.2) is 0 Å². The maximum absolute atomic E-state index is 6.18. The van der Waals surface area contributed by atoms with Crippen LogP contribution in [0.15, 0.2) is 30.5 Å². The molecule has 2 aromatic rings. The summed E-state index contributed by atoms with van der Waals surface area (Å²) in [5, 5.41) is 1.30. The van der Waals surface area contributed by atoms with Gasteiger partial charge in [0.25, 0.3) is 0 Å². The lowest BCUT2D eigenvalue weighted by atomic mass is 9.73. The summed E-state index contributed by atoms with van der Waals surface area (Å²) in [4.78, 5) is 0. The zero-order chi connectivity index (χ0) is 12.0. The zero-order valence-corrected chi connectivity index (χ0v) is 10.3. The van der Waals surface area contributed by atoms with Crippen LogP contribution in [0.25, 0.3) is 10.9 Å². The fraction of sp³-hybridized carbons (Fsp3) is 0.429. The van der Waals surface area contributed by atoms with Gasteiger partial charge in [0, 0.05) is 30.2 Å². The molecular formula is C14H18N2O. The Morgan fingerprint density at radius 3 is 2.65 bits per heavy atom. The maximum Gasteiger partial charge on any atom is 0.0601 e. The first-order valence-electron chi connectivity index (χ1n) is 6.03. The average molecular weight is 230 g/mol. The molecule has 3 rings (SSSR count). The summed E-state index contributed by atoms with van der Waals surface area (Å²) in [6, 6.07) is 8.59. The highest BCUT2D eigenvalue weighted by molar-refractivity contribution is 5.85. The Bertz CT molecular complexity index is 552. The van der Waals surface area contributed by atoms with E-state index in [0.717, 1.165) is 13.2 Å². The molecule has 1 aliphatic heterocycles. The van der Waals surface area contributed by atoms with Gasteiger partial charge in [0.1, 0.15) is 0 Å². The van der Waals surface area contributed by atoms with Crippen molar-refractivity contribution < 1.29 is 4.74 Å². The van der Waals surface area contributed by atoms with Crippen LogP contribution in [0.2, 0.25) is 0 Å². The lowest BCUT2D eigenvalue weighted by molar-refractivity contribution is -0.0694. The van der Waals surface area contributed by atoms with Crippen LogP contribution in [0.5, 0.6) is 0 Å². The summed E-state index contributed by atoms with van der Waals surface area (Å²) in [5.41, 5.74) is 8.77. The Labute approximate surface area is 101 Å². The number of fused-ring (bicyclic) bond motifs is 1. The van der Waals surface area contributed by atoms with Gasteiger partial charge >= 0.3 is 0 Å². The summed E-state index contributed by atoms with van der Waals surface area (Å²) < 4.78 is 7.60. The molecule has 3 heteroatoms. The number of hydrogen-bond donors (Lipinski definition) is 1. The van der Waals surface area contributed by atoms with Crippen LogP contribution in [0, 0.1) is 0 Å². The van der Waals surface area contributed by atoms with E-state index in [-0.39, 0.29) is 11.5 Å². The number of hydrogen-bond acceptors (Lipinski definition) is 2. The smallest absolute Gasteiger partial charge is 0.0601 e. The van der Waals surface area contributed by atoms with Crippen molar-refractivity contribution in [1.29, 1.82) is 0 Å². The number of rotatable bonds is 2. The van der Waals surface area contributed by atoms with Crippen molar-refractivity contribution in [2.45, 2.75) is 18.4 Å². The molecule has 1 unspecified atom stereocenters. The van der Waals surface area contributed by atoms with Crippen molar-refractivity contribution >= 4 is 10.9 Å². The zero-order valence-electron chi connectivity index (χ0n) is 10.3. The van der Waals surface area contributed by atoms with E-state index in [1.165, 1.54) is 16.5 Å². The van der Waals surface area contributed by atoms with E-state index in [9.17, 15) is 0 Å². The predicted octanol–water partition coefficient (Wildman–Crippen LogP) is 1.79. The number of nitrogens with zero attached hydrogens (tertiary/aromatic N) is 1. The fourth-order valence-corrected chi connectivity index (χ4v) is 2.72. The first-order valence-corrected chi connectivity index (χ1v) is 6.03. The van der Waals surface area contributed by atoms with Crippen molar-refractivity contribution in [3.8, 4) is 0 Å². The number of para-hydroxylation sites is 1. The van der Waals surface area contributed by atoms with E-state index >= 15 is 0 Å². The van der Waals surface area contributed by atoms with Crippen LogP contribution in [-0.2, 0) is 17.2 Å². The first-order chi connectivity index (χ1) is 8.15. The van der Waals surface area contributed by atoms with E-state index in [1.54, 1.807) is 0 Å². The van der Waals surface area contributed by atoms with E-state index in [4.69, 9.17) is 10.5 Å². The molecule has 1 saturated heterocycles. The van der Waals surface area contributed by atoms with Crippen molar-refractivity contribution in [1.82, 2.24) is 4.57 Å². The van der Waals surface area contributed by atoms with Crippen molar-refractivity contribution in [3.05, 3.63) is 36.0 Å². The summed E-state index contributed by atoms with van der Waals surface area (Å²) >= 11 is 0. The normalized spacial score (nSPS) is 20.2. The molecule has 1 atom stereocenters. The predicted molar refractivity (Wildman–Crippen MR) is 69.1 cm³/mol. The highest BCUT2D eigenvalue weighted by Crippen LogP contribution is 2.39. The average Bonchev–Trinajstić information content (AvgIpc) is 2.56. The van der Waals surface area contributed by atoms with Gasteiger partial charge in [-0.15, -0.1) is 0 Å². The van der Waals surface area contributed by atoms with Crippen LogP contribution >= 0.6 is 0 Å². The second-order valence-electron chi connectivity index (χ2n) is 5.11. The molecule has 3 nitrogen and oxygen atoms in total. The standard InChI is InChI=1S/C14H18N2O/c1-10(15)14(8-17-9-14)12-7-16(2)13-6-4-3-5-11(12)13/h3-7,10H,8-9,15H2,1-2H3. The fourth-order valence-electron chi connectivity index (χ4n) is 2.72.